The number of aldehydes is 1. The Morgan fingerprint density at radius 2 is 2.25 bits per heavy atom. The molecule has 0 bridgehead atoms. The van der Waals surface area contributed by atoms with E-state index in [1.165, 1.54) is 6.20 Å². The third kappa shape index (κ3) is 1.48. The van der Waals surface area contributed by atoms with Crippen LogP contribution < -0.4 is 0 Å². The van der Waals surface area contributed by atoms with Crippen LogP contribution in [0.25, 0.3) is 0 Å². The summed E-state index contributed by atoms with van der Waals surface area (Å²) in [7, 11) is 0. The molecule has 1 rings (SSSR count). The second-order valence-electron chi connectivity index (χ2n) is 1.93. The highest BCUT2D eigenvalue weighted by Gasteiger charge is 2.17. The maximum atomic E-state index is 10.4. The molecule has 1 aromatic rings. The molecular formula is C6H3BrN2O3. The van der Waals surface area contributed by atoms with Crippen LogP contribution in [0.3, 0.4) is 0 Å². The van der Waals surface area contributed by atoms with Crippen molar-refractivity contribution in [3.05, 3.63) is 32.5 Å². The average molecular weight is 231 g/mol. The van der Waals surface area contributed by atoms with Crippen LogP contribution in [0.5, 0.6) is 0 Å². The SMILES string of the molecule is O=Cc1cncc(Br)c1[N+](=O)[O-]. The van der Waals surface area contributed by atoms with Gasteiger partial charge in [-0.15, -0.1) is 0 Å². The number of carbonyl (C=O) groups is 1. The lowest BCUT2D eigenvalue weighted by atomic mass is 10.3. The van der Waals surface area contributed by atoms with Crippen LogP contribution in [-0.4, -0.2) is 16.2 Å². The van der Waals surface area contributed by atoms with E-state index in [4.69, 9.17) is 0 Å². The lowest BCUT2D eigenvalue weighted by molar-refractivity contribution is -0.385. The third-order valence-electron chi connectivity index (χ3n) is 1.21. The van der Waals surface area contributed by atoms with E-state index in [9.17, 15) is 14.9 Å². The topological polar surface area (TPSA) is 73.1 Å². The van der Waals surface area contributed by atoms with Gasteiger partial charge in [0.15, 0.2) is 6.29 Å². The molecule has 0 atom stereocenters. The predicted molar refractivity (Wildman–Crippen MR) is 44.0 cm³/mol. The fourth-order valence-corrected chi connectivity index (χ4v) is 1.21. The van der Waals surface area contributed by atoms with Gasteiger partial charge in [0.2, 0.25) is 0 Å². The number of nitrogens with zero attached hydrogens (tertiary/aromatic N) is 2. The Kier molecular flexibility index (Phi) is 2.49. The van der Waals surface area contributed by atoms with E-state index in [1.54, 1.807) is 0 Å². The van der Waals surface area contributed by atoms with Gasteiger partial charge in [0.05, 0.1) is 4.92 Å². The first-order chi connectivity index (χ1) is 5.66. The molecule has 0 saturated heterocycles. The molecule has 1 aromatic heterocycles. The summed E-state index contributed by atoms with van der Waals surface area (Å²) < 4.78 is 0.206. The van der Waals surface area contributed by atoms with Crippen LogP contribution in [0.2, 0.25) is 0 Å². The van der Waals surface area contributed by atoms with Gasteiger partial charge in [-0.05, 0) is 15.9 Å². The van der Waals surface area contributed by atoms with Gasteiger partial charge in [0.25, 0.3) is 5.69 Å². The van der Waals surface area contributed by atoms with E-state index >= 15 is 0 Å². The molecule has 0 spiro atoms. The van der Waals surface area contributed by atoms with Gasteiger partial charge in [0, 0.05) is 12.4 Å². The van der Waals surface area contributed by atoms with Gasteiger partial charge in [-0.1, -0.05) is 0 Å². The van der Waals surface area contributed by atoms with Crippen molar-refractivity contribution in [2.75, 3.05) is 0 Å². The molecule has 0 aromatic carbocycles. The number of hydrogen-bond acceptors (Lipinski definition) is 4. The van der Waals surface area contributed by atoms with E-state index in [-0.39, 0.29) is 15.7 Å². The summed E-state index contributed by atoms with van der Waals surface area (Å²) in [6.07, 6.45) is 2.82. The quantitative estimate of drug-likeness (QED) is 0.439. The van der Waals surface area contributed by atoms with Crippen LogP contribution in [0.1, 0.15) is 10.4 Å². The van der Waals surface area contributed by atoms with Gasteiger partial charge in [-0.2, -0.15) is 0 Å². The van der Waals surface area contributed by atoms with Crippen molar-refractivity contribution >= 4 is 27.9 Å². The summed E-state index contributed by atoms with van der Waals surface area (Å²) in [6, 6.07) is 0. The minimum absolute atomic E-state index is 0.0330. The molecule has 0 unspecified atom stereocenters. The van der Waals surface area contributed by atoms with Crippen LogP contribution in [0.4, 0.5) is 5.69 Å². The number of aromatic nitrogens is 1. The van der Waals surface area contributed by atoms with Crippen LogP contribution in [0.15, 0.2) is 16.9 Å². The maximum Gasteiger partial charge on any atom is 0.297 e. The molecule has 0 aliphatic heterocycles. The Morgan fingerprint density at radius 1 is 1.58 bits per heavy atom. The first-order valence-corrected chi connectivity index (χ1v) is 3.69. The van der Waals surface area contributed by atoms with Crippen molar-refractivity contribution in [1.82, 2.24) is 4.98 Å². The summed E-state index contributed by atoms with van der Waals surface area (Å²) in [5, 5.41) is 10.4. The lowest BCUT2D eigenvalue weighted by Crippen LogP contribution is -1.96. The van der Waals surface area contributed by atoms with E-state index in [0.717, 1.165) is 6.20 Å². The average Bonchev–Trinajstić information content (AvgIpc) is 2.03. The molecule has 0 amide bonds. The highest BCUT2D eigenvalue weighted by Crippen LogP contribution is 2.25. The summed E-state index contributed by atoms with van der Waals surface area (Å²) in [6.45, 7) is 0. The lowest BCUT2D eigenvalue weighted by Gasteiger charge is -1.95. The number of nitro groups is 1. The van der Waals surface area contributed by atoms with Crippen LogP contribution in [0, 0.1) is 10.1 Å². The fourth-order valence-electron chi connectivity index (χ4n) is 0.722. The monoisotopic (exact) mass is 230 g/mol. The highest BCUT2D eigenvalue weighted by molar-refractivity contribution is 9.10. The van der Waals surface area contributed by atoms with Crippen LogP contribution >= 0.6 is 15.9 Å². The largest absolute Gasteiger partial charge is 0.298 e. The minimum atomic E-state index is -0.629. The van der Waals surface area contributed by atoms with Gasteiger partial charge in [0.1, 0.15) is 10.0 Å². The number of halogens is 1. The summed E-state index contributed by atoms with van der Waals surface area (Å²) in [5.41, 5.74) is -0.283. The van der Waals surface area contributed by atoms with E-state index in [0.29, 0.717) is 6.29 Å². The molecule has 62 valence electrons. The van der Waals surface area contributed by atoms with Crippen molar-refractivity contribution in [3.63, 3.8) is 0 Å². The van der Waals surface area contributed by atoms with Gasteiger partial charge >= 0.3 is 0 Å². The third-order valence-corrected chi connectivity index (χ3v) is 1.79. The summed E-state index contributed by atoms with van der Waals surface area (Å²) in [5.74, 6) is 0. The van der Waals surface area contributed by atoms with E-state index in [2.05, 4.69) is 20.9 Å². The number of pyridine rings is 1. The zero-order valence-corrected chi connectivity index (χ0v) is 7.32. The number of rotatable bonds is 2. The summed E-state index contributed by atoms with van der Waals surface area (Å²) >= 11 is 2.93. The Balaban J connectivity index is 3.39. The second-order valence-corrected chi connectivity index (χ2v) is 2.79. The fraction of sp³-hybridized carbons (Fsp3) is 0. The molecule has 12 heavy (non-hydrogen) atoms. The van der Waals surface area contributed by atoms with E-state index in [1.807, 2.05) is 0 Å². The molecule has 0 aliphatic rings. The van der Waals surface area contributed by atoms with Crippen LogP contribution in [-0.2, 0) is 0 Å². The van der Waals surface area contributed by atoms with Crippen molar-refractivity contribution < 1.29 is 9.72 Å². The molecule has 0 radical (unpaired) electrons. The molecule has 5 nitrogen and oxygen atoms in total. The normalized spacial score (nSPS) is 9.42. The first kappa shape index (κ1) is 8.79. The molecule has 1 heterocycles. The van der Waals surface area contributed by atoms with Gasteiger partial charge < -0.3 is 0 Å². The second kappa shape index (κ2) is 3.40. The molecule has 0 saturated carbocycles. The minimum Gasteiger partial charge on any atom is -0.298 e. The van der Waals surface area contributed by atoms with Crippen molar-refractivity contribution in [3.8, 4) is 0 Å². The number of hydrogen-bond donors (Lipinski definition) is 0. The van der Waals surface area contributed by atoms with E-state index < -0.39 is 4.92 Å². The Labute approximate surface area is 75.7 Å². The van der Waals surface area contributed by atoms with Gasteiger partial charge in [-0.3, -0.25) is 19.9 Å². The zero-order valence-electron chi connectivity index (χ0n) is 5.73. The Bertz CT molecular complexity index is 340. The zero-order chi connectivity index (χ0) is 9.14. The van der Waals surface area contributed by atoms with Crippen molar-refractivity contribution in [2.24, 2.45) is 0 Å². The molecular weight excluding hydrogens is 228 g/mol. The maximum absolute atomic E-state index is 10.4. The molecule has 0 N–H and O–H groups in total. The smallest absolute Gasteiger partial charge is 0.297 e. The molecule has 6 heteroatoms. The molecule has 0 fully saturated rings. The van der Waals surface area contributed by atoms with Crippen molar-refractivity contribution in [1.29, 1.82) is 0 Å². The van der Waals surface area contributed by atoms with Crippen molar-refractivity contribution in [2.45, 2.75) is 0 Å². The first-order valence-electron chi connectivity index (χ1n) is 2.90. The standard InChI is InChI=1S/C6H3BrN2O3/c7-5-2-8-1-4(3-10)6(5)9(11)12/h1-3H. The number of carbonyl (C=O) groups excluding carboxylic acids is 1. The summed E-state index contributed by atoms with van der Waals surface area (Å²) in [4.78, 5) is 23.7. The van der Waals surface area contributed by atoms with Gasteiger partial charge in [-0.25, -0.2) is 0 Å². The highest BCUT2D eigenvalue weighted by atomic mass is 79.9. The predicted octanol–water partition coefficient (Wildman–Crippen LogP) is 1.56. The molecule has 0 aliphatic carbocycles. The Morgan fingerprint density at radius 3 is 2.67 bits per heavy atom. The Hall–Kier alpha value is -1.30.